The SMILES string of the molecule is C=C1C[C@@H]2C(=O)OCC[C@H]2C(c2ccccc2)(N(C)C)C1. The molecule has 1 aromatic carbocycles. The molecule has 3 rings (SSSR count). The highest BCUT2D eigenvalue weighted by molar-refractivity contribution is 5.74. The summed E-state index contributed by atoms with van der Waals surface area (Å²) < 4.78 is 5.31. The van der Waals surface area contributed by atoms with Crippen LogP contribution in [0.15, 0.2) is 42.5 Å². The first-order valence-corrected chi connectivity index (χ1v) is 7.62. The largest absolute Gasteiger partial charge is 0.465 e. The number of hydrogen-bond donors (Lipinski definition) is 0. The zero-order chi connectivity index (χ0) is 15.0. The van der Waals surface area contributed by atoms with Crippen LogP contribution >= 0.6 is 0 Å². The summed E-state index contributed by atoms with van der Waals surface area (Å²) in [5.41, 5.74) is 2.27. The lowest BCUT2D eigenvalue weighted by atomic mass is 9.60. The maximum absolute atomic E-state index is 12.2. The van der Waals surface area contributed by atoms with Crippen LogP contribution in [0, 0.1) is 11.8 Å². The second kappa shape index (κ2) is 5.30. The van der Waals surface area contributed by atoms with E-state index in [1.807, 2.05) is 6.07 Å². The van der Waals surface area contributed by atoms with Crippen LogP contribution in [0.5, 0.6) is 0 Å². The fraction of sp³-hybridized carbons (Fsp3) is 0.500. The van der Waals surface area contributed by atoms with E-state index in [1.54, 1.807) is 0 Å². The summed E-state index contributed by atoms with van der Waals surface area (Å²) in [5, 5.41) is 0. The van der Waals surface area contributed by atoms with Crippen molar-refractivity contribution in [1.29, 1.82) is 0 Å². The number of benzene rings is 1. The minimum atomic E-state index is -0.152. The van der Waals surface area contributed by atoms with Crippen LogP contribution in [0.2, 0.25) is 0 Å². The van der Waals surface area contributed by atoms with E-state index in [4.69, 9.17) is 4.74 Å². The number of cyclic esters (lactones) is 1. The minimum absolute atomic E-state index is 0.0470. The van der Waals surface area contributed by atoms with E-state index >= 15 is 0 Å². The Morgan fingerprint density at radius 1 is 1.29 bits per heavy atom. The number of rotatable bonds is 2. The zero-order valence-electron chi connectivity index (χ0n) is 12.8. The van der Waals surface area contributed by atoms with Crippen molar-refractivity contribution < 1.29 is 9.53 Å². The Bertz CT molecular complexity index is 552. The van der Waals surface area contributed by atoms with Crippen LogP contribution in [-0.2, 0) is 15.1 Å². The molecule has 3 nitrogen and oxygen atoms in total. The Hall–Kier alpha value is -1.61. The molecule has 1 aliphatic carbocycles. The molecule has 0 amide bonds. The molecular weight excluding hydrogens is 262 g/mol. The topological polar surface area (TPSA) is 29.5 Å². The molecule has 1 saturated carbocycles. The number of carbonyl (C=O) groups excluding carboxylic acids is 1. The fourth-order valence-corrected chi connectivity index (χ4v) is 4.24. The lowest BCUT2D eigenvalue weighted by Gasteiger charge is -2.53. The average molecular weight is 285 g/mol. The molecule has 0 radical (unpaired) electrons. The van der Waals surface area contributed by atoms with Crippen molar-refractivity contribution in [1.82, 2.24) is 4.90 Å². The van der Waals surface area contributed by atoms with Gasteiger partial charge in [-0.05, 0) is 44.8 Å². The number of fused-ring (bicyclic) bond motifs is 1. The average Bonchev–Trinajstić information content (AvgIpc) is 2.48. The van der Waals surface area contributed by atoms with E-state index in [0.717, 1.165) is 24.8 Å². The summed E-state index contributed by atoms with van der Waals surface area (Å²) in [6.45, 7) is 4.74. The number of ether oxygens (including phenoxy) is 1. The lowest BCUT2D eigenvalue weighted by molar-refractivity contribution is -0.164. The van der Waals surface area contributed by atoms with Crippen LogP contribution < -0.4 is 0 Å². The monoisotopic (exact) mass is 285 g/mol. The molecule has 1 heterocycles. The standard InChI is InChI=1S/C18H23NO2/c1-13-11-15-16(9-10-21-17(15)20)18(12-13,19(2)3)14-7-5-4-6-8-14/h4-8,15-16H,1,9-12H2,2-3H3/t15-,16+,18?/m0/s1. The van der Waals surface area contributed by atoms with Gasteiger partial charge in [0.05, 0.1) is 18.1 Å². The summed E-state index contributed by atoms with van der Waals surface area (Å²) >= 11 is 0. The van der Waals surface area contributed by atoms with Gasteiger partial charge in [-0.15, -0.1) is 0 Å². The van der Waals surface area contributed by atoms with Crippen LogP contribution in [0.4, 0.5) is 0 Å². The molecule has 2 fully saturated rings. The van der Waals surface area contributed by atoms with Crippen molar-refractivity contribution in [3.63, 3.8) is 0 Å². The zero-order valence-corrected chi connectivity index (χ0v) is 12.8. The number of esters is 1. The van der Waals surface area contributed by atoms with Crippen molar-refractivity contribution in [2.45, 2.75) is 24.8 Å². The third kappa shape index (κ3) is 2.20. The van der Waals surface area contributed by atoms with Crippen molar-refractivity contribution in [2.75, 3.05) is 20.7 Å². The molecular formula is C18H23NO2. The minimum Gasteiger partial charge on any atom is -0.465 e. The molecule has 0 bridgehead atoms. The van der Waals surface area contributed by atoms with E-state index in [2.05, 4.69) is 49.8 Å². The van der Waals surface area contributed by atoms with Gasteiger partial charge in [-0.25, -0.2) is 0 Å². The summed E-state index contributed by atoms with van der Waals surface area (Å²) in [7, 11) is 4.23. The molecule has 0 aromatic heterocycles. The molecule has 3 heteroatoms. The first-order valence-electron chi connectivity index (χ1n) is 7.62. The first kappa shape index (κ1) is 14.3. The van der Waals surface area contributed by atoms with Gasteiger partial charge in [0.2, 0.25) is 0 Å². The summed E-state index contributed by atoms with van der Waals surface area (Å²) in [4.78, 5) is 14.5. The molecule has 21 heavy (non-hydrogen) atoms. The second-order valence-electron chi connectivity index (χ2n) is 6.48. The molecule has 3 atom stereocenters. The molecule has 1 aromatic rings. The summed E-state index contributed by atoms with van der Waals surface area (Å²) in [6, 6.07) is 10.5. The molecule has 2 aliphatic rings. The highest BCUT2D eigenvalue weighted by atomic mass is 16.5. The number of nitrogens with zero attached hydrogens (tertiary/aromatic N) is 1. The predicted octanol–water partition coefficient (Wildman–Crippen LogP) is 2.97. The number of carbonyl (C=O) groups is 1. The molecule has 0 spiro atoms. The van der Waals surface area contributed by atoms with Crippen molar-refractivity contribution >= 4 is 5.97 Å². The van der Waals surface area contributed by atoms with Gasteiger partial charge in [0.25, 0.3) is 0 Å². The highest BCUT2D eigenvalue weighted by Gasteiger charge is 2.53. The van der Waals surface area contributed by atoms with Gasteiger partial charge in [0.15, 0.2) is 0 Å². The predicted molar refractivity (Wildman–Crippen MR) is 82.7 cm³/mol. The normalized spacial score (nSPS) is 32.7. The Morgan fingerprint density at radius 3 is 2.67 bits per heavy atom. The first-order chi connectivity index (χ1) is 10.1. The van der Waals surface area contributed by atoms with Crippen LogP contribution in [0.25, 0.3) is 0 Å². The van der Waals surface area contributed by atoms with Crippen molar-refractivity contribution in [2.24, 2.45) is 11.8 Å². The van der Waals surface area contributed by atoms with Crippen molar-refractivity contribution in [3.8, 4) is 0 Å². The summed E-state index contributed by atoms with van der Waals surface area (Å²) in [6.07, 6.45) is 2.61. The van der Waals surface area contributed by atoms with Crippen molar-refractivity contribution in [3.05, 3.63) is 48.0 Å². The quantitative estimate of drug-likeness (QED) is 0.618. The molecule has 1 unspecified atom stereocenters. The van der Waals surface area contributed by atoms with Gasteiger partial charge in [0, 0.05) is 0 Å². The van der Waals surface area contributed by atoms with Gasteiger partial charge >= 0.3 is 5.97 Å². The molecule has 1 aliphatic heterocycles. The smallest absolute Gasteiger partial charge is 0.309 e. The van der Waals surface area contributed by atoms with Gasteiger partial charge < -0.3 is 4.74 Å². The van der Waals surface area contributed by atoms with Crippen LogP contribution in [-0.4, -0.2) is 31.6 Å². The van der Waals surface area contributed by atoms with E-state index in [0.29, 0.717) is 12.5 Å². The van der Waals surface area contributed by atoms with E-state index in [1.165, 1.54) is 5.56 Å². The maximum atomic E-state index is 12.2. The molecule has 0 N–H and O–H groups in total. The van der Waals surface area contributed by atoms with Gasteiger partial charge in [-0.2, -0.15) is 0 Å². The Balaban J connectivity index is 2.13. The van der Waals surface area contributed by atoms with E-state index in [-0.39, 0.29) is 17.4 Å². The highest BCUT2D eigenvalue weighted by Crippen LogP contribution is 2.52. The maximum Gasteiger partial charge on any atom is 0.309 e. The van der Waals surface area contributed by atoms with Gasteiger partial charge in [0.1, 0.15) is 0 Å². The lowest BCUT2D eigenvalue weighted by Crippen LogP contribution is -2.56. The molecule has 1 saturated heterocycles. The Kier molecular flexibility index (Phi) is 3.62. The third-order valence-corrected chi connectivity index (χ3v) is 5.17. The Morgan fingerprint density at radius 2 is 2.00 bits per heavy atom. The second-order valence-corrected chi connectivity index (χ2v) is 6.48. The number of hydrogen-bond acceptors (Lipinski definition) is 3. The fourth-order valence-electron chi connectivity index (χ4n) is 4.24. The van der Waals surface area contributed by atoms with E-state index < -0.39 is 0 Å². The van der Waals surface area contributed by atoms with Gasteiger partial charge in [-0.1, -0.05) is 42.5 Å². The van der Waals surface area contributed by atoms with E-state index in [9.17, 15) is 4.79 Å². The molecule has 112 valence electrons. The Labute approximate surface area is 126 Å². The van der Waals surface area contributed by atoms with Gasteiger partial charge in [-0.3, -0.25) is 9.69 Å². The van der Waals surface area contributed by atoms with Crippen LogP contribution in [0.1, 0.15) is 24.8 Å². The summed E-state index contributed by atoms with van der Waals surface area (Å²) in [5.74, 6) is 0.193. The third-order valence-electron chi connectivity index (χ3n) is 5.17. The van der Waals surface area contributed by atoms with Crippen LogP contribution in [0.3, 0.4) is 0 Å².